The highest BCUT2D eigenvalue weighted by Gasteiger charge is 2.16. The van der Waals surface area contributed by atoms with E-state index >= 15 is 0 Å². The predicted octanol–water partition coefficient (Wildman–Crippen LogP) is 3.20. The van der Waals surface area contributed by atoms with Crippen LogP contribution in [0.3, 0.4) is 0 Å². The van der Waals surface area contributed by atoms with Gasteiger partial charge in [-0.15, -0.1) is 0 Å². The molecule has 0 saturated carbocycles. The van der Waals surface area contributed by atoms with E-state index in [1.165, 1.54) is 0 Å². The van der Waals surface area contributed by atoms with Gasteiger partial charge in [0.2, 0.25) is 0 Å². The Kier molecular flexibility index (Phi) is 5.20. The third-order valence-corrected chi connectivity index (χ3v) is 3.32. The summed E-state index contributed by atoms with van der Waals surface area (Å²) in [6, 6.07) is 6.04. The van der Waals surface area contributed by atoms with Crippen LogP contribution in [0.5, 0.6) is 0 Å². The fourth-order valence-electron chi connectivity index (χ4n) is 2.06. The van der Waals surface area contributed by atoms with Crippen LogP contribution >= 0.6 is 0 Å². The quantitative estimate of drug-likeness (QED) is 0.840. The molecule has 1 amide bonds. The minimum absolute atomic E-state index is 0.0238. The minimum Gasteiger partial charge on any atom is -0.388 e. The van der Waals surface area contributed by atoms with Gasteiger partial charge in [0, 0.05) is 24.3 Å². The van der Waals surface area contributed by atoms with E-state index in [-0.39, 0.29) is 11.9 Å². The summed E-state index contributed by atoms with van der Waals surface area (Å²) >= 11 is 0. The normalized spacial score (nSPS) is 12.3. The van der Waals surface area contributed by atoms with Crippen LogP contribution in [0.25, 0.3) is 0 Å². The maximum atomic E-state index is 12.2. The molecule has 0 bridgehead atoms. The van der Waals surface area contributed by atoms with Crippen LogP contribution in [0.15, 0.2) is 18.2 Å². The van der Waals surface area contributed by atoms with Crippen molar-refractivity contribution in [3.8, 4) is 0 Å². The molecule has 3 heteroatoms. The van der Waals surface area contributed by atoms with Gasteiger partial charge in [0.15, 0.2) is 0 Å². The van der Waals surface area contributed by atoms with Crippen molar-refractivity contribution < 1.29 is 4.79 Å². The average Bonchev–Trinajstić information content (AvgIpc) is 2.34. The Balaban J connectivity index is 2.84. The molecule has 0 fully saturated rings. The van der Waals surface area contributed by atoms with E-state index < -0.39 is 0 Å². The monoisotopic (exact) mass is 248 g/mol. The fraction of sp³-hybridized carbons (Fsp3) is 0.533. The van der Waals surface area contributed by atoms with Crippen molar-refractivity contribution >= 4 is 11.6 Å². The highest BCUT2D eigenvalue weighted by atomic mass is 16.1. The lowest BCUT2D eigenvalue weighted by Crippen LogP contribution is -2.38. The lowest BCUT2D eigenvalue weighted by molar-refractivity contribution is 0.0924. The highest BCUT2D eigenvalue weighted by molar-refractivity contribution is 5.96. The van der Waals surface area contributed by atoms with Gasteiger partial charge in [0.05, 0.1) is 0 Å². The summed E-state index contributed by atoms with van der Waals surface area (Å²) in [5.41, 5.74) is 2.78. The van der Waals surface area contributed by atoms with Crippen LogP contribution in [0.4, 0.5) is 5.69 Å². The molecule has 0 aromatic heterocycles. The fourth-order valence-corrected chi connectivity index (χ4v) is 2.06. The van der Waals surface area contributed by atoms with Crippen molar-refractivity contribution in [2.45, 2.75) is 40.2 Å². The van der Waals surface area contributed by atoms with Crippen molar-refractivity contribution in [3.05, 3.63) is 29.3 Å². The standard InChI is InChI=1S/C15H24N2O/c1-6-14(10(2)3)17-15(18)13-8-7-12(16-5)9-11(13)4/h7-10,14,16H,6H2,1-5H3,(H,17,18). The number of hydrogen-bond donors (Lipinski definition) is 2. The molecule has 0 aliphatic heterocycles. The van der Waals surface area contributed by atoms with E-state index in [1.54, 1.807) is 0 Å². The largest absolute Gasteiger partial charge is 0.388 e. The van der Waals surface area contributed by atoms with Crippen molar-refractivity contribution in [2.24, 2.45) is 5.92 Å². The highest BCUT2D eigenvalue weighted by Crippen LogP contribution is 2.15. The molecule has 0 aliphatic carbocycles. The molecule has 1 unspecified atom stereocenters. The van der Waals surface area contributed by atoms with E-state index in [9.17, 15) is 4.79 Å². The van der Waals surface area contributed by atoms with E-state index in [4.69, 9.17) is 0 Å². The number of anilines is 1. The summed E-state index contributed by atoms with van der Waals surface area (Å²) in [4.78, 5) is 12.2. The zero-order valence-electron chi connectivity index (χ0n) is 12.0. The number of amides is 1. The lowest BCUT2D eigenvalue weighted by atomic mass is 10.0. The maximum Gasteiger partial charge on any atom is 0.251 e. The summed E-state index contributed by atoms with van der Waals surface area (Å²) < 4.78 is 0. The summed E-state index contributed by atoms with van der Waals surface area (Å²) in [7, 11) is 1.88. The molecule has 3 nitrogen and oxygen atoms in total. The van der Waals surface area contributed by atoms with E-state index in [0.717, 1.165) is 23.2 Å². The molecule has 2 N–H and O–H groups in total. The van der Waals surface area contributed by atoms with Gasteiger partial charge >= 0.3 is 0 Å². The Hall–Kier alpha value is -1.51. The molecule has 100 valence electrons. The molecule has 0 saturated heterocycles. The molecule has 18 heavy (non-hydrogen) atoms. The second-order valence-corrected chi connectivity index (χ2v) is 5.01. The summed E-state index contributed by atoms with van der Waals surface area (Å²) in [5.74, 6) is 0.478. The molecule has 0 aliphatic rings. The minimum atomic E-state index is 0.0238. The number of nitrogens with one attached hydrogen (secondary N) is 2. The van der Waals surface area contributed by atoms with Gasteiger partial charge < -0.3 is 10.6 Å². The second-order valence-electron chi connectivity index (χ2n) is 5.01. The molecule has 0 radical (unpaired) electrons. The lowest BCUT2D eigenvalue weighted by Gasteiger charge is -2.21. The van der Waals surface area contributed by atoms with Crippen molar-refractivity contribution in [3.63, 3.8) is 0 Å². The number of rotatable bonds is 5. The van der Waals surface area contributed by atoms with Crippen LogP contribution in [0, 0.1) is 12.8 Å². The van der Waals surface area contributed by atoms with Crippen LogP contribution in [0.1, 0.15) is 43.1 Å². The van der Waals surface area contributed by atoms with Gasteiger partial charge in [-0.05, 0) is 43.0 Å². The van der Waals surface area contributed by atoms with Crippen LogP contribution < -0.4 is 10.6 Å². The maximum absolute atomic E-state index is 12.2. The van der Waals surface area contributed by atoms with Gasteiger partial charge in [-0.2, -0.15) is 0 Å². The zero-order chi connectivity index (χ0) is 13.7. The molecule has 0 spiro atoms. The molecular formula is C15H24N2O. The molecule has 0 heterocycles. The Morgan fingerprint density at radius 1 is 1.33 bits per heavy atom. The van der Waals surface area contributed by atoms with Crippen molar-refractivity contribution in [1.82, 2.24) is 5.32 Å². The van der Waals surface area contributed by atoms with Gasteiger partial charge in [-0.1, -0.05) is 20.8 Å². The third kappa shape index (κ3) is 3.49. The molecule has 1 atom stereocenters. The Labute approximate surface area is 110 Å². The third-order valence-electron chi connectivity index (χ3n) is 3.32. The Morgan fingerprint density at radius 2 is 2.00 bits per heavy atom. The first-order chi connectivity index (χ1) is 8.49. The van der Waals surface area contributed by atoms with E-state index in [0.29, 0.717) is 5.92 Å². The smallest absolute Gasteiger partial charge is 0.251 e. The zero-order valence-corrected chi connectivity index (χ0v) is 12.0. The van der Waals surface area contributed by atoms with Crippen LogP contribution in [-0.2, 0) is 0 Å². The first-order valence-corrected chi connectivity index (χ1v) is 6.58. The first-order valence-electron chi connectivity index (χ1n) is 6.58. The number of hydrogen-bond acceptors (Lipinski definition) is 2. The number of aryl methyl sites for hydroxylation is 1. The first kappa shape index (κ1) is 14.6. The summed E-state index contributed by atoms with van der Waals surface area (Å²) in [5, 5.41) is 6.17. The molecule has 1 aromatic carbocycles. The summed E-state index contributed by atoms with van der Waals surface area (Å²) in [6.45, 7) is 8.32. The van der Waals surface area contributed by atoms with E-state index in [1.807, 2.05) is 32.2 Å². The predicted molar refractivity (Wildman–Crippen MR) is 77.1 cm³/mol. The number of benzene rings is 1. The van der Waals surface area contributed by atoms with E-state index in [2.05, 4.69) is 31.4 Å². The second kappa shape index (κ2) is 6.43. The van der Waals surface area contributed by atoms with Crippen LogP contribution in [-0.4, -0.2) is 19.0 Å². The van der Waals surface area contributed by atoms with Gasteiger partial charge in [-0.25, -0.2) is 0 Å². The molecular weight excluding hydrogens is 224 g/mol. The number of carbonyl (C=O) groups is 1. The Bertz CT molecular complexity index is 413. The summed E-state index contributed by atoms with van der Waals surface area (Å²) in [6.07, 6.45) is 0.955. The average molecular weight is 248 g/mol. The van der Waals surface area contributed by atoms with Crippen molar-refractivity contribution in [2.75, 3.05) is 12.4 Å². The van der Waals surface area contributed by atoms with Gasteiger partial charge in [0.25, 0.3) is 5.91 Å². The topological polar surface area (TPSA) is 41.1 Å². The molecule has 1 rings (SSSR count). The SMILES string of the molecule is CCC(NC(=O)c1ccc(NC)cc1C)C(C)C. The Morgan fingerprint density at radius 3 is 2.44 bits per heavy atom. The van der Waals surface area contributed by atoms with Gasteiger partial charge in [0.1, 0.15) is 0 Å². The van der Waals surface area contributed by atoms with Gasteiger partial charge in [-0.3, -0.25) is 4.79 Å². The van der Waals surface area contributed by atoms with Crippen LogP contribution in [0.2, 0.25) is 0 Å². The number of carbonyl (C=O) groups excluding carboxylic acids is 1. The van der Waals surface area contributed by atoms with Crippen molar-refractivity contribution in [1.29, 1.82) is 0 Å². The molecule has 1 aromatic rings.